The van der Waals surface area contributed by atoms with E-state index < -0.39 is 9.84 Å². The van der Waals surface area contributed by atoms with Crippen molar-refractivity contribution >= 4 is 15.7 Å². The summed E-state index contributed by atoms with van der Waals surface area (Å²) in [6.45, 7) is 3.46. The molecule has 0 atom stereocenters. The van der Waals surface area contributed by atoms with E-state index in [9.17, 15) is 8.42 Å². The first-order valence-electron chi connectivity index (χ1n) is 6.21. The molecule has 0 bridgehead atoms. The Morgan fingerprint density at radius 1 is 1.41 bits per heavy atom. The van der Waals surface area contributed by atoms with Crippen molar-refractivity contribution in [1.29, 1.82) is 5.41 Å². The molecular formula is C11H23N3O2S. The average molecular weight is 261 g/mol. The first kappa shape index (κ1) is 14.4. The highest BCUT2D eigenvalue weighted by Gasteiger charge is 2.24. The van der Waals surface area contributed by atoms with E-state index in [1.54, 1.807) is 0 Å². The molecule has 0 radical (unpaired) electrons. The smallest absolute Gasteiger partial charge is 0.163 e. The zero-order valence-corrected chi connectivity index (χ0v) is 11.3. The SMILES string of the molecule is CCCCS(=O)(=O)CN1CCC(C(=N)N)CC1. The number of nitrogens with one attached hydrogen (secondary N) is 1. The molecule has 0 spiro atoms. The topological polar surface area (TPSA) is 87.2 Å². The molecule has 6 heteroatoms. The molecule has 0 saturated carbocycles. The molecule has 100 valence electrons. The van der Waals surface area contributed by atoms with E-state index in [1.807, 2.05) is 11.8 Å². The monoisotopic (exact) mass is 261 g/mol. The molecule has 1 aliphatic heterocycles. The average Bonchev–Trinajstić information content (AvgIpc) is 2.26. The number of piperidine rings is 1. The lowest BCUT2D eigenvalue weighted by Gasteiger charge is -2.30. The molecule has 0 aromatic carbocycles. The van der Waals surface area contributed by atoms with Crippen LogP contribution in [0.1, 0.15) is 32.6 Å². The molecule has 1 saturated heterocycles. The van der Waals surface area contributed by atoms with Crippen molar-refractivity contribution in [3.8, 4) is 0 Å². The number of sulfone groups is 1. The van der Waals surface area contributed by atoms with E-state index in [4.69, 9.17) is 11.1 Å². The van der Waals surface area contributed by atoms with Crippen LogP contribution in [0.4, 0.5) is 0 Å². The number of hydrogen-bond donors (Lipinski definition) is 2. The van der Waals surface area contributed by atoms with E-state index in [1.165, 1.54) is 0 Å². The van der Waals surface area contributed by atoms with Gasteiger partial charge in [-0.05, 0) is 32.4 Å². The van der Waals surface area contributed by atoms with Crippen LogP contribution < -0.4 is 5.73 Å². The van der Waals surface area contributed by atoms with Crippen LogP contribution >= 0.6 is 0 Å². The van der Waals surface area contributed by atoms with Crippen molar-refractivity contribution in [2.45, 2.75) is 32.6 Å². The van der Waals surface area contributed by atoms with Gasteiger partial charge in [-0.25, -0.2) is 8.42 Å². The second kappa shape index (κ2) is 6.35. The number of likely N-dealkylation sites (tertiary alicyclic amines) is 1. The number of hydrogen-bond acceptors (Lipinski definition) is 4. The Morgan fingerprint density at radius 3 is 2.47 bits per heavy atom. The molecule has 0 unspecified atom stereocenters. The molecule has 0 aromatic heterocycles. The summed E-state index contributed by atoms with van der Waals surface area (Å²) in [5.74, 6) is 0.830. The molecule has 17 heavy (non-hydrogen) atoms. The Hall–Kier alpha value is -0.620. The van der Waals surface area contributed by atoms with Gasteiger partial charge in [0.25, 0.3) is 0 Å². The van der Waals surface area contributed by atoms with Crippen LogP contribution in [0.3, 0.4) is 0 Å². The number of rotatable bonds is 6. The van der Waals surface area contributed by atoms with Crippen molar-refractivity contribution < 1.29 is 8.42 Å². The fraction of sp³-hybridized carbons (Fsp3) is 0.909. The van der Waals surface area contributed by atoms with E-state index in [2.05, 4.69) is 0 Å². The quantitative estimate of drug-likeness (QED) is 0.547. The minimum atomic E-state index is -2.94. The Morgan fingerprint density at radius 2 is 2.00 bits per heavy atom. The van der Waals surface area contributed by atoms with Crippen LogP contribution in [0.5, 0.6) is 0 Å². The fourth-order valence-electron chi connectivity index (χ4n) is 2.08. The van der Waals surface area contributed by atoms with Gasteiger partial charge in [-0.1, -0.05) is 13.3 Å². The van der Waals surface area contributed by atoms with Crippen LogP contribution in [0.15, 0.2) is 0 Å². The maximum Gasteiger partial charge on any atom is 0.163 e. The highest BCUT2D eigenvalue weighted by atomic mass is 32.2. The van der Waals surface area contributed by atoms with Crippen LogP contribution in [-0.2, 0) is 9.84 Å². The summed E-state index contributed by atoms with van der Waals surface area (Å²) in [4.78, 5) is 1.96. The Bertz CT molecular complexity index is 346. The highest BCUT2D eigenvalue weighted by molar-refractivity contribution is 7.91. The summed E-state index contributed by atoms with van der Waals surface area (Å²) in [5.41, 5.74) is 5.45. The Labute approximate surface area is 104 Å². The maximum absolute atomic E-state index is 11.8. The third-order valence-electron chi connectivity index (χ3n) is 3.22. The highest BCUT2D eigenvalue weighted by Crippen LogP contribution is 2.17. The molecule has 0 aromatic rings. The third-order valence-corrected chi connectivity index (χ3v) is 4.88. The summed E-state index contributed by atoms with van der Waals surface area (Å²) in [5, 5.41) is 7.37. The van der Waals surface area contributed by atoms with Crippen LogP contribution in [0, 0.1) is 11.3 Å². The van der Waals surface area contributed by atoms with Crippen molar-refractivity contribution in [2.75, 3.05) is 24.7 Å². The van der Waals surface area contributed by atoms with Crippen molar-refractivity contribution in [1.82, 2.24) is 4.90 Å². The van der Waals surface area contributed by atoms with Crippen molar-refractivity contribution in [2.24, 2.45) is 11.7 Å². The molecular weight excluding hydrogens is 238 g/mol. The van der Waals surface area contributed by atoms with Gasteiger partial charge in [0.2, 0.25) is 0 Å². The standard InChI is InChI=1S/C11H23N3O2S/c1-2-3-8-17(15,16)9-14-6-4-10(5-7-14)11(12)13/h10H,2-9H2,1H3,(H3,12,13). The van der Waals surface area contributed by atoms with Gasteiger partial charge in [0, 0.05) is 5.92 Å². The fourth-order valence-corrected chi connectivity index (χ4v) is 3.75. The minimum absolute atomic E-state index is 0.143. The number of nitrogens with two attached hydrogens (primary N) is 1. The predicted octanol–water partition coefficient (Wildman–Crippen LogP) is 0.807. The molecule has 1 aliphatic rings. The van der Waals surface area contributed by atoms with Gasteiger partial charge in [0.15, 0.2) is 9.84 Å². The summed E-state index contributed by atoms with van der Waals surface area (Å²) in [7, 11) is -2.94. The molecule has 0 aliphatic carbocycles. The van der Waals surface area contributed by atoms with Gasteiger partial charge in [-0.15, -0.1) is 0 Å². The van der Waals surface area contributed by atoms with Crippen LogP contribution in [0.2, 0.25) is 0 Å². The summed E-state index contributed by atoms with van der Waals surface area (Å²) in [6, 6.07) is 0. The van der Waals surface area contributed by atoms with E-state index in [0.717, 1.165) is 38.8 Å². The van der Waals surface area contributed by atoms with Gasteiger partial charge in [-0.3, -0.25) is 10.3 Å². The first-order chi connectivity index (χ1) is 7.94. The normalized spacial score (nSPS) is 19.4. The van der Waals surface area contributed by atoms with Gasteiger partial charge in [-0.2, -0.15) is 0 Å². The first-order valence-corrected chi connectivity index (χ1v) is 8.03. The zero-order chi connectivity index (χ0) is 12.9. The van der Waals surface area contributed by atoms with Crippen molar-refractivity contribution in [3.63, 3.8) is 0 Å². The van der Waals surface area contributed by atoms with Gasteiger partial charge in [0.1, 0.15) is 5.88 Å². The number of unbranched alkanes of at least 4 members (excludes halogenated alkanes) is 1. The Kier molecular flexibility index (Phi) is 5.39. The molecule has 1 rings (SSSR count). The van der Waals surface area contributed by atoms with E-state index >= 15 is 0 Å². The third kappa shape index (κ3) is 5.04. The van der Waals surface area contributed by atoms with Crippen LogP contribution in [0.25, 0.3) is 0 Å². The lowest BCUT2D eigenvalue weighted by Crippen LogP contribution is -2.41. The Balaban J connectivity index is 2.37. The molecule has 0 amide bonds. The van der Waals surface area contributed by atoms with E-state index in [0.29, 0.717) is 0 Å². The van der Waals surface area contributed by atoms with Gasteiger partial charge in [0.05, 0.1) is 11.6 Å². The molecule has 1 fully saturated rings. The lowest BCUT2D eigenvalue weighted by molar-refractivity contribution is 0.237. The van der Waals surface area contributed by atoms with Crippen molar-refractivity contribution in [3.05, 3.63) is 0 Å². The number of amidine groups is 1. The zero-order valence-electron chi connectivity index (χ0n) is 10.5. The maximum atomic E-state index is 11.8. The molecule has 5 nitrogen and oxygen atoms in total. The summed E-state index contributed by atoms with van der Waals surface area (Å²) in [6.07, 6.45) is 3.26. The van der Waals surface area contributed by atoms with Gasteiger partial charge >= 0.3 is 0 Å². The predicted molar refractivity (Wildman–Crippen MR) is 69.8 cm³/mol. The molecule has 1 heterocycles. The second-order valence-corrected chi connectivity index (χ2v) is 6.93. The summed E-state index contributed by atoms with van der Waals surface area (Å²) >= 11 is 0. The second-order valence-electron chi connectivity index (χ2n) is 4.78. The number of nitrogens with zero attached hydrogens (tertiary/aromatic N) is 1. The largest absolute Gasteiger partial charge is 0.387 e. The van der Waals surface area contributed by atoms with Crippen LogP contribution in [-0.4, -0.2) is 43.9 Å². The minimum Gasteiger partial charge on any atom is -0.387 e. The van der Waals surface area contributed by atoms with E-state index in [-0.39, 0.29) is 23.4 Å². The lowest BCUT2D eigenvalue weighted by atomic mass is 9.96. The van der Waals surface area contributed by atoms with Gasteiger partial charge < -0.3 is 5.73 Å². The summed E-state index contributed by atoms with van der Waals surface area (Å²) < 4.78 is 23.5. The molecule has 3 N–H and O–H groups in total.